The highest BCUT2D eigenvalue weighted by molar-refractivity contribution is 5.88. The summed E-state index contributed by atoms with van der Waals surface area (Å²) in [6, 6.07) is 19.3. The van der Waals surface area contributed by atoms with Crippen molar-refractivity contribution in [2.45, 2.75) is 38.4 Å². The van der Waals surface area contributed by atoms with E-state index in [1.54, 1.807) is 0 Å². The Morgan fingerprint density at radius 3 is 2.70 bits per heavy atom. The Morgan fingerprint density at radius 1 is 1.09 bits per heavy atom. The number of hydrogen-bond acceptors (Lipinski definition) is 4. The molecular weight excluding hydrogens is 412 g/mol. The Bertz CT molecular complexity index is 1150. The first-order valence-corrected chi connectivity index (χ1v) is 11.9. The van der Waals surface area contributed by atoms with Crippen LogP contribution >= 0.6 is 0 Å². The van der Waals surface area contributed by atoms with Crippen LogP contribution in [-0.4, -0.2) is 31.6 Å². The van der Waals surface area contributed by atoms with Crippen molar-refractivity contribution in [2.75, 3.05) is 19.6 Å². The summed E-state index contributed by atoms with van der Waals surface area (Å²) in [7, 11) is 0. The summed E-state index contributed by atoms with van der Waals surface area (Å²) < 4.78 is -0.671. The van der Waals surface area contributed by atoms with E-state index < -0.39 is 10.7 Å². The second-order valence-electron chi connectivity index (χ2n) is 9.42. The zero-order valence-corrected chi connectivity index (χ0v) is 18.9. The third-order valence-corrected chi connectivity index (χ3v) is 7.32. The lowest BCUT2D eigenvalue weighted by atomic mass is 9.98. The third-order valence-electron chi connectivity index (χ3n) is 7.32. The Kier molecular flexibility index (Phi) is 6.17. The molecule has 0 saturated carbocycles. The van der Waals surface area contributed by atoms with Crippen molar-refractivity contribution in [1.29, 1.82) is 0 Å². The predicted octanol–water partition coefficient (Wildman–Crippen LogP) is 3.34. The maximum atomic E-state index is 14.7. The monoisotopic (exact) mass is 444 g/mol. The first-order valence-electron chi connectivity index (χ1n) is 11.9. The molecule has 1 fully saturated rings. The lowest BCUT2D eigenvalue weighted by molar-refractivity contribution is -0.125. The minimum atomic E-state index is -0.700. The molecule has 3 aromatic carbocycles. The summed E-state index contributed by atoms with van der Waals surface area (Å²) >= 11 is 0. The number of hydrogen-bond donors (Lipinski definition) is 3. The molecule has 3 aromatic rings. The van der Waals surface area contributed by atoms with E-state index in [2.05, 4.69) is 28.8 Å². The maximum absolute atomic E-state index is 14.7. The van der Waals surface area contributed by atoms with Crippen molar-refractivity contribution in [1.82, 2.24) is 15.3 Å². The van der Waals surface area contributed by atoms with E-state index in [0.717, 1.165) is 53.4 Å². The normalized spacial score (nSPS) is 22.9. The van der Waals surface area contributed by atoms with E-state index in [1.807, 2.05) is 42.5 Å². The maximum Gasteiger partial charge on any atom is 0.279 e. The highest BCUT2D eigenvalue weighted by Gasteiger charge is 2.45. The molecule has 5 rings (SSSR count). The Labute approximate surface area is 194 Å². The molecule has 2 aliphatic rings. The molecule has 0 spiro atoms. The Balaban J connectivity index is 1.48. The molecule has 4 N–H and O–H groups in total. The van der Waals surface area contributed by atoms with Crippen LogP contribution in [0.2, 0.25) is 0 Å². The summed E-state index contributed by atoms with van der Waals surface area (Å²) in [6.07, 6.45) is 2.56. The summed E-state index contributed by atoms with van der Waals surface area (Å²) in [5.74, 6) is 0.323. The molecule has 6 nitrogen and oxygen atoms in total. The van der Waals surface area contributed by atoms with Gasteiger partial charge in [0.1, 0.15) is 12.2 Å². The van der Waals surface area contributed by atoms with Crippen LogP contribution in [0.25, 0.3) is 10.8 Å². The van der Waals surface area contributed by atoms with Crippen molar-refractivity contribution in [3.05, 3.63) is 82.6 Å². The first-order chi connectivity index (χ1) is 16.1. The van der Waals surface area contributed by atoms with Crippen molar-refractivity contribution in [3.63, 3.8) is 0 Å². The molecule has 0 radical (unpaired) electrons. The smallest absolute Gasteiger partial charge is 0.279 e. The number of nitrogens with zero attached hydrogens (tertiary/aromatic N) is 1. The Hall–Kier alpha value is -2.77. The highest BCUT2D eigenvalue weighted by atomic mass is 16.6. The van der Waals surface area contributed by atoms with Gasteiger partial charge in [0.25, 0.3) is 5.91 Å². The second kappa shape index (κ2) is 9.23. The topological polar surface area (TPSA) is 90.2 Å². The van der Waals surface area contributed by atoms with Gasteiger partial charge in [0.15, 0.2) is 6.04 Å². The average Bonchev–Trinajstić information content (AvgIpc) is 3.15. The number of fused-ring (bicyclic) bond motifs is 2. The van der Waals surface area contributed by atoms with E-state index in [9.17, 15) is 10.0 Å². The third kappa shape index (κ3) is 4.27. The molecule has 1 saturated heterocycles. The van der Waals surface area contributed by atoms with Crippen LogP contribution in [-0.2, 0) is 24.3 Å². The largest absolute Gasteiger partial charge is 0.627 e. The van der Waals surface area contributed by atoms with E-state index >= 15 is 0 Å². The van der Waals surface area contributed by atoms with Gasteiger partial charge >= 0.3 is 0 Å². The number of nitrogens with one attached hydrogen (secondary N) is 2. The number of hydroxylamine groups is 2. The van der Waals surface area contributed by atoms with Crippen molar-refractivity contribution in [3.8, 4) is 0 Å². The van der Waals surface area contributed by atoms with Crippen molar-refractivity contribution < 1.29 is 4.79 Å². The minimum Gasteiger partial charge on any atom is -0.627 e. The van der Waals surface area contributed by atoms with Gasteiger partial charge in [-0.15, -0.1) is 0 Å². The summed E-state index contributed by atoms with van der Waals surface area (Å²) in [5.41, 5.74) is 9.39. The zero-order valence-electron chi connectivity index (χ0n) is 18.9. The van der Waals surface area contributed by atoms with E-state index in [0.29, 0.717) is 31.1 Å². The van der Waals surface area contributed by atoms with Gasteiger partial charge in [0.2, 0.25) is 0 Å². The molecule has 2 heterocycles. The van der Waals surface area contributed by atoms with Crippen LogP contribution in [0.1, 0.15) is 29.5 Å². The fourth-order valence-electron chi connectivity index (χ4n) is 5.39. The van der Waals surface area contributed by atoms with E-state index in [-0.39, 0.29) is 12.5 Å². The van der Waals surface area contributed by atoms with Gasteiger partial charge in [-0.25, -0.2) is 0 Å². The molecule has 0 bridgehead atoms. The fraction of sp³-hybridized carbons (Fsp3) is 0.370. The molecule has 0 aliphatic carbocycles. The number of rotatable bonds is 6. The fourth-order valence-corrected chi connectivity index (χ4v) is 5.39. The van der Waals surface area contributed by atoms with E-state index in [1.165, 1.54) is 0 Å². The summed E-state index contributed by atoms with van der Waals surface area (Å²) in [4.78, 5) is 13.4. The number of piperidine rings is 1. The number of carbonyl (C=O) groups excluding carboxylic acids is 1. The van der Waals surface area contributed by atoms with Crippen LogP contribution in [0.4, 0.5) is 5.69 Å². The van der Waals surface area contributed by atoms with Gasteiger partial charge in [-0.05, 0) is 48.2 Å². The highest BCUT2D eigenvalue weighted by Crippen LogP contribution is 2.41. The molecule has 6 heteroatoms. The van der Waals surface area contributed by atoms with Crippen LogP contribution < -0.4 is 21.0 Å². The van der Waals surface area contributed by atoms with Crippen LogP contribution in [0.5, 0.6) is 0 Å². The van der Waals surface area contributed by atoms with Crippen LogP contribution in [0.3, 0.4) is 0 Å². The summed E-state index contributed by atoms with van der Waals surface area (Å²) in [6.45, 7) is 3.19. The quantitative estimate of drug-likeness (QED) is 0.402. The Morgan fingerprint density at radius 2 is 1.88 bits per heavy atom. The molecular formula is C27H32N4O2. The number of amides is 1. The molecule has 1 amide bonds. The molecule has 2 atom stereocenters. The predicted molar refractivity (Wildman–Crippen MR) is 133 cm³/mol. The second-order valence-corrected chi connectivity index (χ2v) is 9.42. The number of benzene rings is 3. The van der Waals surface area contributed by atoms with Gasteiger partial charge < -0.3 is 26.2 Å². The average molecular weight is 445 g/mol. The molecule has 2 unspecified atom stereocenters. The lowest BCUT2D eigenvalue weighted by Gasteiger charge is -2.44. The zero-order chi connectivity index (χ0) is 22.8. The number of nitrogens with two attached hydrogens (primary N) is 1. The first kappa shape index (κ1) is 22.0. The van der Waals surface area contributed by atoms with Crippen molar-refractivity contribution >= 4 is 22.4 Å². The van der Waals surface area contributed by atoms with Gasteiger partial charge in [0, 0.05) is 36.7 Å². The van der Waals surface area contributed by atoms with Crippen LogP contribution in [0, 0.1) is 11.1 Å². The standard InChI is InChI=1S/C27H32N4O2/c28-16-20-8-9-22-15-26(27(32)30-17-19-10-12-29-13-11-19)31(33,25(22)14-20)18-23-6-3-5-21-4-1-2-7-24(21)23/h1-9,14,19,26,29H,10-13,15-18,28H2,(H,30,32). The van der Waals surface area contributed by atoms with Crippen LogP contribution in [0.15, 0.2) is 60.7 Å². The van der Waals surface area contributed by atoms with Gasteiger partial charge in [-0.3, -0.25) is 4.79 Å². The molecule has 2 aliphatic heterocycles. The number of carbonyl (C=O) groups is 1. The SMILES string of the molecule is NCc1ccc2c(c1)[N+]([O-])(Cc1cccc3ccccc13)C(C(=O)NCC1CCNCC1)C2. The number of quaternary nitrogens is 1. The van der Waals surface area contributed by atoms with Crippen molar-refractivity contribution in [2.24, 2.45) is 11.7 Å². The molecule has 33 heavy (non-hydrogen) atoms. The molecule has 0 aromatic heterocycles. The van der Waals surface area contributed by atoms with Gasteiger partial charge in [-0.1, -0.05) is 54.6 Å². The van der Waals surface area contributed by atoms with E-state index in [4.69, 9.17) is 5.73 Å². The summed E-state index contributed by atoms with van der Waals surface area (Å²) in [5, 5.41) is 23.3. The molecule has 172 valence electrons. The van der Waals surface area contributed by atoms with Gasteiger partial charge in [0.05, 0.1) is 0 Å². The minimum absolute atomic E-state index is 0.144. The van der Waals surface area contributed by atoms with Gasteiger partial charge in [-0.2, -0.15) is 0 Å². The lowest BCUT2D eigenvalue weighted by Crippen LogP contribution is -2.56.